The zero-order chi connectivity index (χ0) is 19.6. The first kappa shape index (κ1) is 18.2. The van der Waals surface area contributed by atoms with Crippen molar-refractivity contribution in [2.75, 3.05) is 18.5 Å². The molecule has 0 fully saturated rings. The summed E-state index contributed by atoms with van der Waals surface area (Å²) in [5.74, 6) is 1.34. The van der Waals surface area contributed by atoms with E-state index >= 15 is 0 Å². The van der Waals surface area contributed by atoms with Crippen LogP contribution < -0.4 is 14.8 Å². The standard InChI is InChI=1S/C23H22N2O3S/c26-22(12-15-5-8-20-21(11-15)28-10-9-27-20)25-23-24-19(14-29-23)18-7-6-16-3-1-2-4-17(16)13-18/h5-8,11,13-14H,1-4,9-10,12H2,(H,24,25,26). The Morgan fingerprint density at radius 2 is 1.83 bits per heavy atom. The van der Waals surface area contributed by atoms with Crippen LogP contribution in [0.15, 0.2) is 41.8 Å². The van der Waals surface area contributed by atoms with E-state index in [1.165, 1.54) is 41.7 Å². The minimum atomic E-state index is -0.0898. The number of carbonyl (C=O) groups excluding carboxylic acids is 1. The van der Waals surface area contributed by atoms with Crippen molar-refractivity contribution < 1.29 is 14.3 Å². The number of amides is 1. The van der Waals surface area contributed by atoms with Crippen LogP contribution in [0.25, 0.3) is 11.3 Å². The number of hydrogen-bond donors (Lipinski definition) is 1. The van der Waals surface area contributed by atoms with Crippen molar-refractivity contribution in [1.82, 2.24) is 4.98 Å². The fourth-order valence-electron chi connectivity index (χ4n) is 3.90. The number of nitrogens with zero attached hydrogens (tertiary/aromatic N) is 1. The number of benzene rings is 2. The maximum atomic E-state index is 12.5. The smallest absolute Gasteiger partial charge is 0.230 e. The summed E-state index contributed by atoms with van der Waals surface area (Å²) in [5, 5.41) is 5.55. The molecule has 2 heterocycles. The summed E-state index contributed by atoms with van der Waals surface area (Å²) in [5.41, 5.74) is 5.82. The zero-order valence-electron chi connectivity index (χ0n) is 16.1. The lowest BCUT2D eigenvalue weighted by Crippen LogP contribution is -2.17. The number of rotatable bonds is 4. The van der Waals surface area contributed by atoms with Crippen LogP contribution in [0.3, 0.4) is 0 Å². The zero-order valence-corrected chi connectivity index (χ0v) is 16.9. The molecule has 3 aromatic rings. The fourth-order valence-corrected chi connectivity index (χ4v) is 4.64. The molecule has 0 radical (unpaired) electrons. The number of aryl methyl sites for hydroxylation is 2. The maximum Gasteiger partial charge on any atom is 0.230 e. The van der Waals surface area contributed by atoms with Gasteiger partial charge in [-0.2, -0.15) is 0 Å². The fraction of sp³-hybridized carbons (Fsp3) is 0.304. The molecule has 1 aromatic heterocycles. The van der Waals surface area contributed by atoms with Gasteiger partial charge in [0, 0.05) is 10.9 Å². The van der Waals surface area contributed by atoms with Gasteiger partial charge in [-0.05, 0) is 60.6 Å². The molecule has 0 spiro atoms. The molecule has 0 saturated carbocycles. The van der Waals surface area contributed by atoms with Crippen molar-refractivity contribution in [3.05, 3.63) is 58.5 Å². The Morgan fingerprint density at radius 3 is 2.72 bits per heavy atom. The molecule has 6 heteroatoms. The Bertz CT molecular complexity index is 1060. The minimum absolute atomic E-state index is 0.0898. The Balaban J connectivity index is 1.26. The van der Waals surface area contributed by atoms with Crippen molar-refractivity contribution in [3.63, 3.8) is 0 Å². The number of anilines is 1. The minimum Gasteiger partial charge on any atom is -0.486 e. The first-order valence-electron chi connectivity index (χ1n) is 10.0. The lowest BCUT2D eigenvalue weighted by Gasteiger charge is -2.18. The largest absolute Gasteiger partial charge is 0.486 e. The van der Waals surface area contributed by atoms with Gasteiger partial charge in [-0.3, -0.25) is 4.79 Å². The van der Waals surface area contributed by atoms with Crippen molar-refractivity contribution in [1.29, 1.82) is 0 Å². The van der Waals surface area contributed by atoms with Gasteiger partial charge in [0.05, 0.1) is 12.1 Å². The lowest BCUT2D eigenvalue weighted by molar-refractivity contribution is -0.115. The van der Waals surface area contributed by atoms with Crippen LogP contribution in [0.1, 0.15) is 29.5 Å². The quantitative estimate of drug-likeness (QED) is 0.686. The maximum absolute atomic E-state index is 12.5. The van der Waals surface area contributed by atoms with E-state index in [-0.39, 0.29) is 12.3 Å². The average Bonchev–Trinajstić information content (AvgIpc) is 3.21. The van der Waals surface area contributed by atoms with E-state index in [0.717, 1.165) is 29.0 Å². The highest BCUT2D eigenvalue weighted by molar-refractivity contribution is 7.14. The molecule has 2 aliphatic rings. The molecular weight excluding hydrogens is 384 g/mol. The molecule has 0 bridgehead atoms. The average molecular weight is 407 g/mol. The van der Waals surface area contributed by atoms with Gasteiger partial charge >= 0.3 is 0 Å². The number of nitrogens with one attached hydrogen (secondary N) is 1. The Morgan fingerprint density at radius 1 is 1.00 bits per heavy atom. The van der Waals surface area contributed by atoms with E-state index in [0.29, 0.717) is 24.1 Å². The van der Waals surface area contributed by atoms with E-state index in [9.17, 15) is 4.79 Å². The van der Waals surface area contributed by atoms with Crippen molar-refractivity contribution in [3.8, 4) is 22.8 Å². The Hall–Kier alpha value is -2.86. The van der Waals surface area contributed by atoms with E-state index in [4.69, 9.17) is 9.47 Å². The van der Waals surface area contributed by atoms with Crippen molar-refractivity contribution in [2.24, 2.45) is 0 Å². The number of carbonyl (C=O) groups is 1. The predicted octanol–water partition coefficient (Wildman–Crippen LogP) is 4.64. The van der Waals surface area contributed by atoms with Crippen LogP contribution in [0.2, 0.25) is 0 Å². The lowest BCUT2D eigenvalue weighted by atomic mass is 9.90. The van der Waals surface area contributed by atoms with Gasteiger partial charge in [-0.15, -0.1) is 11.3 Å². The summed E-state index contributed by atoms with van der Waals surface area (Å²) in [6, 6.07) is 12.2. The molecule has 5 rings (SSSR count). The number of aromatic nitrogens is 1. The highest BCUT2D eigenvalue weighted by atomic mass is 32.1. The van der Waals surface area contributed by atoms with Crippen molar-refractivity contribution in [2.45, 2.75) is 32.1 Å². The molecule has 5 nitrogen and oxygen atoms in total. The predicted molar refractivity (Wildman–Crippen MR) is 114 cm³/mol. The van der Waals surface area contributed by atoms with Gasteiger partial charge in [-0.25, -0.2) is 4.98 Å². The monoisotopic (exact) mass is 406 g/mol. The van der Waals surface area contributed by atoms with Gasteiger partial charge in [0.2, 0.25) is 5.91 Å². The molecule has 0 atom stereocenters. The molecule has 1 aliphatic heterocycles. The first-order valence-corrected chi connectivity index (χ1v) is 10.9. The van der Waals surface area contributed by atoms with E-state index in [1.807, 2.05) is 23.6 Å². The topological polar surface area (TPSA) is 60.5 Å². The van der Waals surface area contributed by atoms with Crippen molar-refractivity contribution >= 4 is 22.4 Å². The second-order valence-corrected chi connectivity index (χ2v) is 8.29. The molecular formula is C23H22N2O3S. The summed E-state index contributed by atoms with van der Waals surface area (Å²) in [6.07, 6.45) is 5.13. The van der Waals surface area contributed by atoms with E-state index in [1.54, 1.807) is 0 Å². The molecule has 0 unspecified atom stereocenters. The third kappa shape index (κ3) is 3.98. The van der Waals surface area contributed by atoms with Gasteiger partial charge in [0.1, 0.15) is 13.2 Å². The molecule has 148 valence electrons. The van der Waals surface area contributed by atoms with Gasteiger partial charge < -0.3 is 14.8 Å². The molecule has 2 aromatic carbocycles. The van der Waals surface area contributed by atoms with Crippen LogP contribution >= 0.6 is 11.3 Å². The molecule has 1 N–H and O–H groups in total. The second-order valence-electron chi connectivity index (χ2n) is 7.43. The van der Waals surface area contributed by atoms with Gasteiger partial charge in [-0.1, -0.05) is 18.2 Å². The third-order valence-corrected chi connectivity index (χ3v) is 6.12. The summed E-state index contributed by atoms with van der Waals surface area (Å²) >= 11 is 1.46. The van der Waals surface area contributed by atoms with Crippen LogP contribution in [-0.2, 0) is 24.1 Å². The third-order valence-electron chi connectivity index (χ3n) is 5.37. The second kappa shape index (κ2) is 7.87. The highest BCUT2D eigenvalue weighted by Crippen LogP contribution is 2.32. The summed E-state index contributed by atoms with van der Waals surface area (Å²) in [4.78, 5) is 17.1. The van der Waals surface area contributed by atoms with Gasteiger partial charge in [0.15, 0.2) is 16.6 Å². The molecule has 29 heavy (non-hydrogen) atoms. The highest BCUT2D eigenvalue weighted by Gasteiger charge is 2.15. The molecule has 0 saturated heterocycles. The SMILES string of the molecule is O=C(Cc1ccc2c(c1)OCCO2)Nc1nc(-c2ccc3c(c2)CCCC3)cs1. The Kier molecular flexibility index (Phi) is 4.94. The number of thiazole rings is 1. The normalized spacial score (nSPS) is 14.9. The van der Waals surface area contributed by atoms with Crippen LogP contribution in [0.5, 0.6) is 11.5 Å². The van der Waals surface area contributed by atoms with Crippen LogP contribution in [-0.4, -0.2) is 24.1 Å². The van der Waals surface area contributed by atoms with Crippen LogP contribution in [0.4, 0.5) is 5.13 Å². The number of fused-ring (bicyclic) bond motifs is 2. The van der Waals surface area contributed by atoms with E-state index in [2.05, 4.69) is 28.5 Å². The molecule has 1 aliphatic carbocycles. The van der Waals surface area contributed by atoms with Crippen LogP contribution in [0, 0.1) is 0 Å². The summed E-state index contributed by atoms with van der Waals surface area (Å²) in [7, 11) is 0. The first-order chi connectivity index (χ1) is 14.2. The number of hydrogen-bond acceptors (Lipinski definition) is 5. The summed E-state index contributed by atoms with van der Waals surface area (Å²) < 4.78 is 11.1. The van der Waals surface area contributed by atoms with E-state index < -0.39 is 0 Å². The summed E-state index contributed by atoms with van der Waals surface area (Å²) in [6.45, 7) is 1.09. The molecule has 1 amide bonds. The van der Waals surface area contributed by atoms with Gasteiger partial charge in [0.25, 0.3) is 0 Å². The Labute approximate surface area is 173 Å². The number of ether oxygens (including phenoxy) is 2.